The van der Waals surface area contributed by atoms with Crippen molar-refractivity contribution in [3.63, 3.8) is 0 Å². The molecule has 6 heteroatoms. The van der Waals surface area contributed by atoms with E-state index in [4.69, 9.17) is 15.0 Å². The van der Waals surface area contributed by atoms with Crippen molar-refractivity contribution >= 4 is 6.29 Å². The van der Waals surface area contributed by atoms with E-state index in [0.717, 1.165) is 19.3 Å². The Morgan fingerprint density at radius 2 is 1.48 bits per heavy atom. The van der Waals surface area contributed by atoms with Crippen LogP contribution in [0.5, 0.6) is 0 Å². The van der Waals surface area contributed by atoms with Gasteiger partial charge in [0.25, 0.3) is 0 Å². The summed E-state index contributed by atoms with van der Waals surface area (Å²) in [5.41, 5.74) is 8.64. The lowest BCUT2D eigenvalue weighted by molar-refractivity contribution is -0.148. The molecule has 0 aromatic heterocycles. The van der Waals surface area contributed by atoms with Crippen molar-refractivity contribution in [1.29, 1.82) is 0 Å². The lowest BCUT2D eigenvalue weighted by Gasteiger charge is -2.18. The zero-order valence-corrected chi connectivity index (χ0v) is 17.6. The van der Waals surface area contributed by atoms with E-state index in [1.54, 1.807) is 0 Å². The molecule has 27 heavy (non-hydrogen) atoms. The van der Waals surface area contributed by atoms with Gasteiger partial charge in [-0.05, 0) is 25.8 Å². The fourth-order valence-corrected chi connectivity index (χ4v) is 3.79. The summed E-state index contributed by atoms with van der Waals surface area (Å²) >= 11 is 0. The Morgan fingerprint density at radius 3 is 1.96 bits per heavy atom. The third kappa shape index (κ3) is 10.1. The molecule has 1 aliphatic heterocycles. The Bertz CT molecular complexity index is 450. The van der Waals surface area contributed by atoms with Gasteiger partial charge in [0, 0.05) is 4.91 Å². The molecule has 0 spiro atoms. The van der Waals surface area contributed by atoms with Gasteiger partial charge in [0.15, 0.2) is 5.79 Å². The summed E-state index contributed by atoms with van der Waals surface area (Å²) in [6, 6.07) is -0.820. The zero-order chi connectivity index (χ0) is 20.0. The molecule has 1 saturated heterocycles. The molecule has 0 N–H and O–H groups in total. The lowest BCUT2D eigenvalue weighted by Crippen LogP contribution is -2.35. The quantitative estimate of drug-likeness (QED) is 0.101. The van der Waals surface area contributed by atoms with Crippen molar-refractivity contribution < 1.29 is 14.3 Å². The number of carbonyl (C=O) groups excluding carboxylic acids is 1. The van der Waals surface area contributed by atoms with E-state index in [1.807, 2.05) is 13.8 Å². The van der Waals surface area contributed by atoms with Gasteiger partial charge < -0.3 is 14.3 Å². The van der Waals surface area contributed by atoms with Gasteiger partial charge in [0.1, 0.15) is 18.4 Å². The summed E-state index contributed by atoms with van der Waals surface area (Å²) in [5.74, 6) is -0.737. The first-order valence-electron chi connectivity index (χ1n) is 10.9. The second-order valence-corrected chi connectivity index (χ2v) is 8.15. The third-order valence-electron chi connectivity index (χ3n) is 5.22. The van der Waals surface area contributed by atoms with E-state index in [0.29, 0.717) is 6.29 Å². The van der Waals surface area contributed by atoms with Crippen LogP contribution in [-0.2, 0) is 14.3 Å². The fraction of sp³-hybridized carbons (Fsp3) is 0.952. The Labute approximate surface area is 165 Å². The SMILES string of the molecule is CCCCCCCCCCCCCC[C@@H]1OC(C)(C)O[C@@H]1[C@H](C=O)N=[N+]=[N-]. The molecule has 1 heterocycles. The second kappa shape index (κ2) is 14.0. The maximum Gasteiger partial charge on any atom is 0.163 e. The summed E-state index contributed by atoms with van der Waals surface area (Å²) in [5, 5.41) is 3.56. The molecular formula is C21H39N3O3. The van der Waals surface area contributed by atoms with E-state index >= 15 is 0 Å². The van der Waals surface area contributed by atoms with Gasteiger partial charge in [0.2, 0.25) is 0 Å². The van der Waals surface area contributed by atoms with Crippen molar-refractivity contribution in [2.45, 2.75) is 128 Å². The Morgan fingerprint density at radius 1 is 0.963 bits per heavy atom. The number of rotatable bonds is 16. The molecular weight excluding hydrogens is 342 g/mol. The molecule has 0 amide bonds. The van der Waals surface area contributed by atoms with Gasteiger partial charge >= 0.3 is 0 Å². The Hall–Kier alpha value is -1.10. The highest BCUT2D eigenvalue weighted by molar-refractivity contribution is 5.59. The summed E-state index contributed by atoms with van der Waals surface area (Å²) in [7, 11) is 0. The molecule has 6 nitrogen and oxygen atoms in total. The average molecular weight is 382 g/mol. The van der Waals surface area contributed by atoms with E-state index in [1.165, 1.54) is 64.2 Å². The molecule has 0 unspecified atom stereocenters. The number of ether oxygens (including phenoxy) is 2. The smallest absolute Gasteiger partial charge is 0.163 e. The molecule has 0 bridgehead atoms. The first-order valence-corrected chi connectivity index (χ1v) is 10.9. The van der Waals surface area contributed by atoms with Gasteiger partial charge in [-0.15, -0.1) is 0 Å². The fourth-order valence-electron chi connectivity index (χ4n) is 3.79. The molecule has 0 aliphatic carbocycles. The van der Waals surface area contributed by atoms with Crippen LogP contribution in [0, 0.1) is 0 Å². The highest BCUT2D eigenvalue weighted by atomic mass is 16.8. The van der Waals surface area contributed by atoms with Gasteiger partial charge in [-0.3, -0.25) is 0 Å². The van der Waals surface area contributed by atoms with Crippen LogP contribution in [0.1, 0.15) is 104 Å². The van der Waals surface area contributed by atoms with Crippen molar-refractivity contribution in [2.75, 3.05) is 0 Å². The van der Waals surface area contributed by atoms with Crippen molar-refractivity contribution in [3.8, 4) is 0 Å². The van der Waals surface area contributed by atoms with Crippen LogP contribution in [-0.4, -0.2) is 30.3 Å². The number of nitrogens with zero attached hydrogens (tertiary/aromatic N) is 3. The molecule has 0 radical (unpaired) electrons. The molecule has 1 fully saturated rings. The highest BCUT2D eigenvalue weighted by Crippen LogP contribution is 2.33. The van der Waals surface area contributed by atoms with Crippen LogP contribution in [0.15, 0.2) is 5.11 Å². The van der Waals surface area contributed by atoms with Crippen LogP contribution >= 0.6 is 0 Å². The minimum atomic E-state index is -0.820. The molecule has 0 aromatic rings. The summed E-state index contributed by atoms with van der Waals surface area (Å²) < 4.78 is 11.7. The number of carbonyl (C=O) groups is 1. The Kier molecular flexibility index (Phi) is 12.4. The van der Waals surface area contributed by atoms with E-state index in [-0.39, 0.29) is 6.10 Å². The second-order valence-electron chi connectivity index (χ2n) is 8.15. The molecule has 3 atom stereocenters. The Balaban J connectivity index is 2.13. The normalized spacial score (nSPS) is 22.3. The van der Waals surface area contributed by atoms with Crippen molar-refractivity contribution in [1.82, 2.24) is 0 Å². The maximum absolute atomic E-state index is 11.2. The van der Waals surface area contributed by atoms with E-state index in [2.05, 4.69) is 16.9 Å². The number of hydrogen-bond acceptors (Lipinski definition) is 4. The largest absolute Gasteiger partial charge is 0.345 e. The van der Waals surface area contributed by atoms with Crippen LogP contribution in [0.25, 0.3) is 10.4 Å². The molecule has 0 aromatic carbocycles. The zero-order valence-electron chi connectivity index (χ0n) is 17.6. The van der Waals surface area contributed by atoms with E-state index in [9.17, 15) is 4.79 Å². The molecule has 0 saturated carbocycles. The van der Waals surface area contributed by atoms with Crippen LogP contribution in [0.2, 0.25) is 0 Å². The summed E-state index contributed by atoms with van der Waals surface area (Å²) in [4.78, 5) is 14.0. The average Bonchev–Trinajstić information content (AvgIpc) is 2.95. The first-order chi connectivity index (χ1) is 13.0. The number of azide groups is 1. The molecule has 1 rings (SSSR count). The van der Waals surface area contributed by atoms with Crippen LogP contribution in [0.3, 0.4) is 0 Å². The maximum atomic E-state index is 11.2. The van der Waals surface area contributed by atoms with E-state index < -0.39 is 17.9 Å². The third-order valence-corrected chi connectivity index (χ3v) is 5.22. The van der Waals surface area contributed by atoms with Gasteiger partial charge in [0.05, 0.1) is 6.10 Å². The monoisotopic (exact) mass is 381 g/mol. The number of unbranched alkanes of at least 4 members (excludes halogenated alkanes) is 11. The summed E-state index contributed by atoms with van der Waals surface area (Å²) in [6.45, 7) is 5.92. The molecule has 1 aliphatic rings. The van der Waals surface area contributed by atoms with Gasteiger partial charge in [-0.2, -0.15) is 0 Å². The van der Waals surface area contributed by atoms with Crippen LogP contribution in [0.4, 0.5) is 0 Å². The molecule has 156 valence electrons. The predicted molar refractivity (Wildman–Crippen MR) is 109 cm³/mol. The topological polar surface area (TPSA) is 84.3 Å². The van der Waals surface area contributed by atoms with Gasteiger partial charge in [-0.25, -0.2) is 0 Å². The van der Waals surface area contributed by atoms with Crippen molar-refractivity contribution in [2.24, 2.45) is 5.11 Å². The predicted octanol–water partition coefficient (Wildman–Crippen LogP) is 6.48. The first kappa shape index (κ1) is 23.9. The minimum Gasteiger partial charge on any atom is -0.345 e. The minimum absolute atomic E-state index is 0.191. The standard InChI is InChI=1S/C21H39N3O3/c1-4-5-6-7-8-9-10-11-12-13-14-15-16-19-20(18(17-25)23-24-22)27-21(2,3)26-19/h17-20H,4-16H2,1-3H3/t18-,19-,20+/m0/s1. The lowest BCUT2D eigenvalue weighted by atomic mass is 10.00. The summed E-state index contributed by atoms with van der Waals surface area (Å²) in [6.07, 6.45) is 16.5. The van der Waals surface area contributed by atoms with Crippen molar-refractivity contribution in [3.05, 3.63) is 10.4 Å². The number of hydrogen-bond donors (Lipinski definition) is 0. The van der Waals surface area contributed by atoms with Gasteiger partial charge in [-0.1, -0.05) is 89.1 Å². The number of aldehydes is 1. The highest BCUT2D eigenvalue weighted by Gasteiger charge is 2.44. The van der Waals surface area contributed by atoms with Crippen LogP contribution < -0.4 is 0 Å².